The van der Waals surface area contributed by atoms with Gasteiger partial charge in [-0.2, -0.15) is 4.98 Å². The fraction of sp³-hybridized carbons (Fsp3) is 0.500. The average Bonchev–Trinajstić information content (AvgIpc) is 2.68. The summed E-state index contributed by atoms with van der Waals surface area (Å²) in [4.78, 5) is 37.3. The molecule has 6 N–H and O–H groups in total. The van der Waals surface area contributed by atoms with Gasteiger partial charge in [0.2, 0.25) is 5.95 Å². The van der Waals surface area contributed by atoms with Crippen molar-refractivity contribution < 1.29 is 19.1 Å². The first-order valence-corrected chi connectivity index (χ1v) is 7.09. The first-order chi connectivity index (χ1) is 8.81. The van der Waals surface area contributed by atoms with Crippen LogP contribution in [0.3, 0.4) is 0 Å². The number of nitrogens with zero attached hydrogens (tertiary/aromatic N) is 2. The van der Waals surface area contributed by atoms with E-state index in [-0.39, 0.29) is 24.1 Å². The monoisotopic (exact) mass is 291 g/mol. The molecule has 0 spiro atoms. The van der Waals surface area contributed by atoms with E-state index in [1.807, 2.05) is 0 Å². The lowest BCUT2D eigenvalue weighted by Crippen LogP contribution is -2.39. The average molecular weight is 291 g/mol. The third-order valence-corrected chi connectivity index (χ3v) is 3.42. The van der Waals surface area contributed by atoms with Crippen molar-refractivity contribution in [2.75, 3.05) is 35.9 Å². The molecule has 1 atom stereocenters. The minimum Gasteiger partial charge on any atom is -0.369 e. The number of methoxy groups -OCH3 is 1. The normalized spacial score (nSPS) is 16.1. The lowest BCUT2D eigenvalue weighted by Gasteiger charge is -2.27. The van der Waals surface area contributed by atoms with E-state index in [1.54, 1.807) is 0 Å². The summed E-state index contributed by atoms with van der Waals surface area (Å²) >= 11 is 0. The Morgan fingerprint density at radius 2 is 2.32 bits per heavy atom. The van der Waals surface area contributed by atoms with Crippen LogP contribution in [0.5, 0.6) is 0 Å². The first kappa shape index (κ1) is 13.8. The number of aromatic nitrogens is 2. The van der Waals surface area contributed by atoms with E-state index in [0.717, 1.165) is 0 Å². The van der Waals surface area contributed by atoms with Crippen molar-refractivity contribution in [1.29, 1.82) is 0 Å². The van der Waals surface area contributed by atoms with Crippen molar-refractivity contribution in [2.45, 2.75) is 6.23 Å². The smallest absolute Gasteiger partial charge is 0.330 e. The number of nitrogens with two attached hydrogens (primary N) is 1. The van der Waals surface area contributed by atoms with Crippen LogP contribution in [0.1, 0.15) is 0 Å². The molecule has 1 unspecified atom stereocenters. The summed E-state index contributed by atoms with van der Waals surface area (Å²) in [6.45, 7) is 0.146. The second kappa shape index (κ2) is 4.82. The van der Waals surface area contributed by atoms with Crippen LogP contribution in [-0.4, -0.2) is 45.9 Å². The van der Waals surface area contributed by atoms with Crippen molar-refractivity contribution in [3.05, 3.63) is 10.4 Å². The van der Waals surface area contributed by atoms with Gasteiger partial charge in [0.25, 0.3) is 5.56 Å². The fourth-order valence-corrected chi connectivity index (χ4v) is 2.58. The van der Waals surface area contributed by atoms with Gasteiger partial charge in [-0.25, -0.2) is 0 Å². The number of anilines is 3. The maximum Gasteiger partial charge on any atom is 0.330 e. The highest BCUT2D eigenvalue weighted by atomic mass is 31.2. The molecule has 0 saturated heterocycles. The first-order valence-electron chi connectivity index (χ1n) is 5.29. The Morgan fingerprint density at radius 1 is 1.63 bits per heavy atom. The highest BCUT2D eigenvalue weighted by molar-refractivity contribution is 7.51. The third-order valence-electron chi connectivity index (χ3n) is 2.63. The van der Waals surface area contributed by atoms with Crippen LogP contribution in [0.25, 0.3) is 0 Å². The highest BCUT2D eigenvalue weighted by Gasteiger charge is 2.33. The Labute approximate surface area is 107 Å². The van der Waals surface area contributed by atoms with Crippen molar-refractivity contribution in [1.82, 2.24) is 9.97 Å². The van der Waals surface area contributed by atoms with E-state index in [2.05, 4.69) is 15.3 Å². The van der Waals surface area contributed by atoms with E-state index >= 15 is 0 Å². The molecule has 0 aliphatic carbocycles. The van der Waals surface area contributed by atoms with Gasteiger partial charge in [0.1, 0.15) is 11.9 Å². The van der Waals surface area contributed by atoms with Gasteiger partial charge in [0.05, 0.1) is 12.8 Å². The zero-order valence-electron chi connectivity index (χ0n) is 10.0. The Bertz CT molecular complexity index is 583. The second-order valence-electron chi connectivity index (χ2n) is 3.99. The molecule has 106 valence electrons. The SMILES string of the molecule is COC(CP(=O)(O)O)N1CNc2c1nc(N)[nH]c2=O. The summed E-state index contributed by atoms with van der Waals surface area (Å²) in [5.74, 6) is 0.130. The van der Waals surface area contributed by atoms with Crippen molar-refractivity contribution in [3.8, 4) is 0 Å². The van der Waals surface area contributed by atoms with Gasteiger partial charge < -0.3 is 30.5 Å². The van der Waals surface area contributed by atoms with Crippen LogP contribution in [0.4, 0.5) is 17.5 Å². The van der Waals surface area contributed by atoms with Crippen LogP contribution in [-0.2, 0) is 9.30 Å². The number of hydrogen-bond donors (Lipinski definition) is 5. The Hall–Kier alpha value is -1.61. The predicted octanol–water partition coefficient (Wildman–Crippen LogP) is -1.31. The number of ether oxygens (including phenoxy) is 1. The predicted molar refractivity (Wildman–Crippen MR) is 67.9 cm³/mol. The van der Waals surface area contributed by atoms with Gasteiger partial charge in [0, 0.05) is 7.11 Å². The summed E-state index contributed by atoms with van der Waals surface area (Å²) in [7, 11) is -2.95. The number of nitrogen functional groups attached to an aromatic ring is 1. The quantitative estimate of drug-likeness (QED) is 0.425. The second-order valence-corrected chi connectivity index (χ2v) is 5.69. The molecule has 19 heavy (non-hydrogen) atoms. The standard InChI is InChI=1S/C8H14N5O5P/c1-18-4(2-19(15,16)17)13-3-10-5-6(13)11-8(9)12-7(5)14/h4,10H,2-3H2,1H3,(H2,15,16,17)(H3,9,11,12,14). The molecule has 2 rings (SSSR count). The number of nitrogens with one attached hydrogen (secondary N) is 2. The number of fused-ring (bicyclic) bond motifs is 1. The molecule has 10 nitrogen and oxygen atoms in total. The minimum atomic E-state index is -4.27. The fourth-order valence-electron chi connectivity index (χ4n) is 1.83. The van der Waals surface area contributed by atoms with E-state index in [1.165, 1.54) is 12.0 Å². The van der Waals surface area contributed by atoms with Gasteiger partial charge in [-0.3, -0.25) is 14.3 Å². The largest absolute Gasteiger partial charge is 0.369 e. The maximum absolute atomic E-state index is 11.6. The molecule has 1 aliphatic rings. The number of H-pyrrole nitrogens is 1. The molecule has 1 aliphatic heterocycles. The minimum absolute atomic E-state index is 0.0801. The summed E-state index contributed by atoms with van der Waals surface area (Å²) in [5.41, 5.74) is 5.20. The van der Waals surface area contributed by atoms with Gasteiger partial charge in [0.15, 0.2) is 5.82 Å². The molecule has 0 radical (unpaired) electrons. The summed E-state index contributed by atoms with van der Waals surface area (Å²) < 4.78 is 16.1. The lowest BCUT2D eigenvalue weighted by molar-refractivity contribution is 0.114. The molecule has 0 saturated carbocycles. The molecule has 11 heteroatoms. The Balaban J connectivity index is 2.35. The van der Waals surface area contributed by atoms with Gasteiger partial charge in [-0.1, -0.05) is 0 Å². The topological polar surface area (TPSA) is 154 Å². The Kier molecular flexibility index (Phi) is 3.50. The molecule has 1 aromatic heterocycles. The van der Waals surface area contributed by atoms with E-state index in [9.17, 15) is 9.36 Å². The van der Waals surface area contributed by atoms with Crippen LogP contribution in [0.2, 0.25) is 0 Å². The van der Waals surface area contributed by atoms with Gasteiger partial charge in [-0.05, 0) is 0 Å². The van der Waals surface area contributed by atoms with Gasteiger partial charge >= 0.3 is 7.60 Å². The molecule has 1 aromatic rings. The van der Waals surface area contributed by atoms with E-state index in [0.29, 0.717) is 0 Å². The zero-order chi connectivity index (χ0) is 14.2. The van der Waals surface area contributed by atoms with Gasteiger partial charge in [-0.15, -0.1) is 0 Å². The molecule has 2 heterocycles. The van der Waals surface area contributed by atoms with Crippen molar-refractivity contribution in [3.63, 3.8) is 0 Å². The van der Waals surface area contributed by atoms with Crippen molar-refractivity contribution >= 4 is 25.0 Å². The zero-order valence-corrected chi connectivity index (χ0v) is 10.9. The molecular formula is C8H14N5O5P. The molecule has 0 amide bonds. The van der Waals surface area contributed by atoms with E-state index in [4.69, 9.17) is 20.3 Å². The van der Waals surface area contributed by atoms with Crippen LogP contribution < -0.4 is 21.5 Å². The Morgan fingerprint density at radius 3 is 2.89 bits per heavy atom. The summed E-state index contributed by atoms with van der Waals surface area (Å²) in [5, 5.41) is 2.78. The number of aromatic amines is 1. The number of hydrogen-bond acceptors (Lipinski definition) is 7. The maximum atomic E-state index is 11.6. The van der Waals surface area contributed by atoms with Crippen LogP contribution >= 0.6 is 7.60 Å². The van der Waals surface area contributed by atoms with Crippen LogP contribution in [0.15, 0.2) is 4.79 Å². The molecule has 0 bridgehead atoms. The third kappa shape index (κ3) is 2.87. The van der Waals surface area contributed by atoms with E-state index < -0.39 is 25.5 Å². The van der Waals surface area contributed by atoms with Crippen molar-refractivity contribution in [2.24, 2.45) is 0 Å². The molecular weight excluding hydrogens is 277 g/mol. The molecule has 0 fully saturated rings. The molecule has 0 aromatic carbocycles. The number of rotatable bonds is 4. The summed E-state index contributed by atoms with van der Waals surface area (Å²) in [6.07, 6.45) is -1.43. The van der Waals surface area contributed by atoms with Crippen LogP contribution in [0, 0.1) is 0 Å². The summed E-state index contributed by atoms with van der Waals surface area (Å²) in [6, 6.07) is 0. The lowest BCUT2D eigenvalue weighted by atomic mass is 10.4. The highest BCUT2D eigenvalue weighted by Crippen LogP contribution is 2.38.